The van der Waals surface area contributed by atoms with Gasteiger partial charge in [-0.3, -0.25) is 0 Å². The Morgan fingerprint density at radius 2 is 2.33 bits per heavy atom. The number of hydrogen-bond acceptors (Lipinski definition) is 2. The number of likely N-dealkylation sites (N-methyl/N-ethyl adjacent to an activating group) is 1. The van der Waals surface area contributed by atoms with Gasteiger partial charge in [-0.2, -0.15) is 0 Å². The van der Waals surface area contributed by atoms with E-state index in [-0.39, 0.29) is 11.4 Å². The molecule has 1 aliphatic heterocycles. The minimum absolute atomic E-state index is 0.172. The molecule has 54 valence electrons. The van der Waals surface area contributed by atoms with Gasteiger partial charge < -0.3 is 10.6 Å². The summed E-state index contributed by atoms with van der Waals surface area (Å²) in [5.74, 6) is 0. The van der Waals surface area contributed by atoms with Gasteiger partial charge in [-0.05, 0) is 20.0 Å². The van der Waals surface area contributed by atoms with Gasteiger partial charge in [-0.1, -0.05) is 0 Å². The maximum Gasteiger partial charge on any atom is 0.0511 e. The Hall–Kier alpha value is 0.210. The number of nitrogens with zero attached hydrogens (tertiary/aromatic N) is 1. The van der Waals surface area contributed by atoms with Crippen LogP contribution >= 0.6 is 11.6 Å². The summed E-state index contributed by atoms with van der Waals surface area (Å²) < 4.78 is 0. The Bertz CT molecular complexity index is 97.1. The molecular formula is C6H13ClN2. The van der Waals surface area contributed by atoms with Crippen molar-refractivity contribution in [2.24, 2.45) is 5.73 Å². The van der Waals surface area contributed by atoms with Crippen LogP contribution < -0.4 is 5.73 Å². The first-order valence-corrected chi connectivity index (χ1v) is 3.72. The van der Waals surface area contributed by atoms with E-state index in [1.165, 1.54) is 0 Å². The summed E-state index contributed by atoms with van der Waals surface area (Å²) in [5, 5.41) is 0.196. The van der Waals surface area contributed by atoms with Crippen LogP contribution in [0.2, 0.25) is 0 Å². The molecule has 1 aliphatic rings. The second-order valence-corrected chi connectivity index (χ2v) is 3.29. The van der Waals surface area contributed by atoms with Crippen molar-refractivity contribution in [2.75, 3.05) is 20.1 Å². The third-order valence-electron chi connectivity index (χ3n) is 1.77. The van der Waals surface area contributed by atoms with Crippen LogP contribution in [0.15, 0.2) is 0 Å². The fourth-order valence-electron chi connectivity index (χ4n) is 1.12. The average molecular weight is 149 g/mol. The van der Waals surface area contributed by atoms with Crippen molar-refractivity contribution in [3.63, 3.8) is 0 Å². The van der Waals surface area contributed by atoms with Crippen molar-refractivity contribution in [1.29, 1.82) is 0 Å². The van der Waals surface area contributed by atoms with E-state index in [1.54, 1.807) is 0 Å². The topological polar surface area (TPSA) is 29.3 Å². The normalized spacial score (nSPS) is 39.0. The first kappa shape index (κ1) is 7.32. The number of nitrogens with two attached hydrogens (primary N) is 1. The van der Waals surface area contributed by atoms with Gasteiger partial charge in [-0.25, -0.2) is 0 Å². The van der Waals surface area contributed by atoms with Gasteiger partial charge in [-0.15, -0.1) is 11.6 Å². The first-order chi connectivity index (χ1) is 4.20. The van der Waals surface area contributed by atoms with E-state index >= 15 is 0 Å². The number of rotatable bonds is 0. The van der Waals surface area contributed by atoms with Gasteiger partial charge in [0.1, 0.15) is 0 Å². The smallest absolute Gasteiger partial charge is 0.0511 e. The SMILES string of the molecule is CN1CCC(Cl)C(N)C1. The van der Waals surface area contributed by atoms with E-state index in [0.29, 0.717) is 0 Å². The minimum atomic E-state index is 0.172. The van der Waals surface area contributed by atoms with Crippen LogP contribution in [0.5, 0.6) is 0 Å². The molecule has 1 heterocycles. The summed E-state index contributed by atoms with van der Waals surface area (Å²) in [6, 6.07) is 0.172. The molecule has 9 heavy (non-hydrogen) atoms. The highest BCUT2D eigenvalue weighted by Crippen LogP contribution is 2.12. The highest BCUT2D eigenvalue weighted by Gasteiger charge is 2.21. The van der Waals surface area contributed by atoms with Crippen molar-refractivity contribution < 1.29 is 0 Å². The van der Waals surface area contributed by atoms with Crippen molar-refractivity contribution in [1.82, 2.24) is 4.90 Å². The molecule has 0 aromatic rings. The Balaban J connectivity index is 2.35. The standard InChI is InChI=1S/C6H13ClN2/c1-9-3-2-5(7)6(8)4-9/h5-6H,2-4,8H2,1H3. The molecule has 3 heteroatoms. The molecule has 0 radical (unpaired) electrons. The van der Waals surface area contributed by atoms with Gasteiger partial charge in [0.05, 0.1) is 5.38 Å². The lowest BCUT2D eigenvalue weighted by atomic mass is 10.1. The zero-order valence-electron chi connectivity index (χ0n) is 5.68. The van der Waals surface area contributed by atoms with Crippen molar-refractivity contribution >= 4 is 11.6 Å². The Kier molecular flexibility index (Phi) is 2.33. The van der Waals surface area contributed by atoms with E-state index in [2.05, 4.69) is 11.9 Å². The van der Waals surface area contributed by atoms with Crippen LogP contribution in [-0.2, 0) is 0 Å². The molecular weight excluding hydrogens is 136 g/mol. The fourth-order valence-corrected chi connectivity index (χ4v) is 1.30. The van der Waals surface area contributed by atoms with E-state index in [9.17, 15) is 0 Å². The van der Waals surface area contributed by atoms with Crippen LogP contribution in [-0.4, -0.2) is 36.5 Å². The molecule has 0 aromatic heterocycles. The monoisotopic (exact) mass is 148 g/mol. The zero-order chi connectivity index (χ0) is 6.85. The Morgan fingerprint density at radius 3 is 2.78 bits per heavy atom. The Labute approximate surface area is 61.0 Å². The molecule has 0 aliphatic carbocycles. The van der Waals surface area contributed by atoms with E-state index < -0.39 is 0 Å². The van der Waals surface area contributed by atoms with E-state index in [0.717, 1.165) is 19.5 Å². The molecule has 2 atom stereocenters. The van der Waals surface area contributed by atoms with Crippen LogP contribution in [0.1, 0.15) is 6.42 Å². The molecule has 0 aromatic carbocycles. The zero-order valence-corrected chi connectivity index (χ0v) is 6.43. The second-order valence-electron chi connectivity index (χ2n) is 2.73. The summed E-state index contributed by atoms with van der Waals surface area (Å²) in [6.45, 7) is 2.02. The predicted molar refractivity (Wildman–Crippen MR) is 39.7 cm³/mol. The summed E-state index contributed by atoms with van der Waals surface area (Å²) in [4.78, 5) is 2.21. The van der Waals surface area contributed by atoms with Gasteiger partial charge in [0.15, 0.2) is 0 Å². The van der Waals surface area contributed by atoms with Crippen LogP contribution in [0.4, 0.5) is 0 Å². The number of likely N-dealkylation sites (tertiary alicyclic amines) is 1. The van der Waals surface area contributed by atoms with Crippen molar-refractivity contribution in [3.05, 3.63) is 0 Å². The van der Waals surface area contributed by atoms with Gasteiger partial charge in [0.2, 0.25) is 0 Å². The van der Waals surface area contributed by atoms with Gasteiger partial charge >= 0.3 is 0 Å². The lowest BCUT2D eigenvalue weighted by Gasteiger charge is -2.30. The lowest BCUT2D eigenvalue weighted by molar-refractivity contribution is 0.255. The maximum absolute atomic E-state index is 5.88. The molecule has 1 fully saturated rings. The lowest BCUT2D eigenvalue weighted by Crippen LogP contribution is -2.47. The molecule has 1 saturated heterocycles. The maximum atomic E-state index is 5.88. The molecule has 2 unspecified atom stereocenters. The Morgan fingerprint density at radius 1 is 1.67 bits per heavy atom. The summed E-state index contributed by atoms with van der Waals surface area (Å²) >= 11 is 5.88. The van der Waals surface area contributed by atoms with Gasteiger partial charge in [0.25, 0.3) is 0 Å². The predicted octanol–water partition coefficient (Wildman–Crippen LogP) is 0.257. The average Bonchev–Trinajstić information content (AvgIpc) is 1.80. The largest absolute Gasteiger partial charge is 0.325 e. The molecule has 1 rings (SSSR count). The highest BCUT2D eigenvalue weighted by atomic mass is 35.5. The van der Waals surface area contributed by atoms with E-state index in [1.807, 2.05) is 0 Å². The van der Waals surface area contributed by atoms with Crippen LogP contribution in [0.3, 0.4) is 0 Å². The quantitative estimate of drug-likeness (QED) is 0.500. The minimum Gasteiger partial charge on any atom is -0.325 e. The number of halogens is 1. The third-order valence-corrected chi connectivity index (χ3v) is 2.32. The molecule has 0 amide bonds. The second kappa shape index (κ2) is 2.86. The highest BCUT2D eigenvalue weighted by molar-refractivity contribution is 6.21. The molecule has 2 nitrogen and oxygen atoms in total. The number of piperidine rings is 1. The van der Waals surface area contributed by atoms with Crippen LogP contribution in [0, 0.1) is 0 Å². The molecule has 0 spiro atoms. The third kappa shape index (κ3) is 1.81. The first-order valence-electron chi connectivity index (χ1n) is 3.28. The van der Waals surface area contributed by atoms with Crippen LogP contribution in [0.25, 0.3) is 0 Å². The number of alkyl halides is 1. The van der Waals surface area contributed by atoms with Gasteiger partial charge in [0, 0.05) is 12.6 Å². The summed E-state index contributed by atoms with van der Waals surface area (Å²) in [5.41, 5.74) is 5.70. The summed E-state index contributed by atoms with van der Waals surface area (Å²) in [7, 11) is 2.07. The van der Waals surface area contributed by atoms with Crippen molar-refractivity contribution in [3.8, 4) is 0 Å². The molecule has 2 N–H and O–H groups in total. The fraction of sp³-hybridized carbons (Fsp3) is 1.00. The molecule has 0 saturated carbocycles. The molecule has 0 bridgehead atoms. The summed E-state index contributed by atoms with van der Waals surface area (Å²) in [6.07, 6.45) is 1.03. The van der Waals surface area contributed by atoms with E-state index in [4.69, 9.17) is 17.3 Å². The number of hydrogen-bond donors (Lipinski definition) is 1. The van der Waals surface area contributed by atoms with Crippen molar-refractivity contribution in [2.45, 2.75) is 17.8 Å².